The zero-order valence-electron chi connectivity index (χ0n) is 16.1. The van der Waals surface area contributed by atoms with Gasteiger partial charge >= 0.3 is 5.97 Å². The van der Waals surface area contributed by atoms with Crippen molar-refractivity contribution in [1.29, 1.82) is 0 Å². The zero-order chi connectivity index (χ0) is 20.4. The molecule has 3 aromatic rings. The van der Waals surface area contributed by atoms with Crippen molar-refractivity contribution in [3.63, 3.8) is 0 Å². The quantitative estimate of drug-likeness (QED) is 0.669. The number of aromatic amines is 1. The number of esters is 1. The Labute approximate surface area is 167 Å². The van der Waals surface area contributed by atoms with Crippen LogP contribution in [0.1, 0.15) is 47.4 Å². The first-order valence-electron chi connectivity index (χ1n) is 9.74. The molecular weight excluding hydrogens is 368 g/mol. The van der Waals surface area contributed by atoms with Crippen LogP contribution in [0, 0.1) is 0 Å². The SMILES string of the molecule is C[C@@H](OC(=O)c1cc(=O)c2ccccc2[nH]1)C(=O)N[C@@H]1CCCc2ccccc21. The number of aromatic nitrogens is 1. The number of amides is 1. The largest absolute Gasteiger partial charge is 0.448 e. The van der Waals surface area contributed by atoms with Gasteiger partial charge in [0.2, 0.25) is 0 Å². The fraction of sp³-hybridized carbons (Fsp3) is 0.261. The standard InChI is InChI=1S/C23H22N2O4/c1-14(22(27)25-18-12-6-8-15-7-2-3-9-16(15)18)29-23(28)20-13-21(26)17-10-4-5-11-19(17)24-20/h2-5,7,9-11,13-14,18H,6,8,12H2,1H3,(H,24,26)(H,25,27)/t14-,18-/m1/s1. The molecule has 4 rings (SSSR count). The van der Waals surface area contributed by atoms with Crippen molar-refractivity contribution in [3.05, 3.63) is 81.6 Å². The molecule has 1 aliphatic rings. The van der Waals surface area contributed by atoms with Crippen molar-refractivity contribution in [2.45, 2.75) is 38.3 Å². The number of hydrogen-bond acceptors (Lipinski definition) is 4. The Hall–Kier alpha value is -3.41. The Balaban J connectivity index is 1.45. The van der Waals surface area contributed by atoms with Crippen LogP contribution < -0.4 is 10.7 Å². The molecule has 6 heteroatoms. The highest BCUT2D eigenvalue weighted by atomic mass is 16.5. The van der Waals surface area contributed by atoms with Gasteiger partial charge in [-0.3, -0.25) is 9.59 Å². The second kappa shape index (κ2) is 7.91. The van der Waals surface area contributed by atoms with Crippen molar-refractivity contribution in [2.75, 3.05) is 0 Å². The molecule has 0 fully saturated rings. The minimum absolute atomic E-state index is 0.0244. The minimum atomic E-state index is -0.980. The number of nitrogens with one attached hydrogen (secondary N) is 2. The predicted molar refractivity (Wildman–Crippen MR) is 110 cm³/mol. The summed E-state index contributed by atoms with van der Waals surface area (Å²) in [6.45, 7) is 1.53. The van der Waals surface area contributed by atoms with Gasteiger partial charge in [0.15, 0.2) is 11.5 Å². The van der Waals surface area contributed by atoms with E-state index in [-0.39, 0.29) is 23.1 Å². The summed E-state index contributed by atoms with van der Waals surface area (Å²) in [6.07, 6.45) is 1.87. The molecule has 0 bridgehead atoms. The average Bonchev–Trinajstić information content (AvgIpc) is 2.74. The first kappa shape index (κ1) is 18.9. The summed E-state index contributed by atoms with van der Waals surface area (Å²) in [5.41, 5.74) is 2.65. The topological polar surface area (TPSA) is 88.3 Å². The third-order valence-corrected chi connectivity index (χ3v) is 5.30. The summed E-state index contributed by atoms with van der Waals surface area (Å²) in [6, 6.07) is 16.1. The summed E-state index contributed by atoms with van der Waals surface area (Å²) < 4.78 is 5.31. The summed E-state index contributed by atoms with van der Waals surface area (Å²) in [5.74, 6) is -1.09. The van der Waals surface area contributed by atoms with E-state index in [1.807, 2.05) is 18.2 Å². The van der Waals surface area contributed by atoms with E-state index in [4.69, 9.17) is 4.74 Å². The molecule has 2 aromatic carbocycles. The molecule has 0 saturated heterocycles. The molecule has 0 aliphatic heterocycles. The third-order valence-electron chi connectivity index (χ3n) is 5.30. The maximum Gasteiger partial charge on any atom is 0.355 e. The number of carbonyl (C=O) groups excluding carboxylic acids is 2. The highest BCUT2D eigenvalue weighted by Crippen LogP contribution is 2.29. The van der Waals surface area contributed by atoms with Crippen molar-refractivity contribution in [1.82, 2.24) is 10.3 Å². The monoisotopic (exact) mass is 390 g/mol. The van der Waals surface area contributed by atoms with Gasteiger partial charge in [0.25, 0.3) is 5.91 Å². The van der Waals surface area contributed by atoms with Crippen molar-refractivity contribution >= 4 is 22.8 Å². The number of hydrogen-bond donors (Lipinski definition) is 2. The fourth-order valence-corrected chi connectivity index (χ4v) is 3.78. The van der Waals surface area contributed by atoms with E-state index in [2.05, 4.69) is 16.4 Å². The second-order valence-corrected chi connectivity index (χ2v) is 7.29. The number of pyridine rings is 1. The van der Waals surface area contributed by atoms with E-state index in [0.717, 1.165) is 24.8 Å². The highest BCUT2D eigenvalue weighted by Gasteiger charge is 2.26. The van der Waals surface area contributed by atoms with Crippen LogP contribution in [0.4, 0.5) is 0 Å². The smallest absolute Gasteiger partial charge is 0.355 e. The number of carbonyl (C=O) groups is 2. The Kier molecular flexibility index (Phi) is 5.16. The summed E-state index contributed by atoms with van der Waals surface area (Å²) >= 11 is 0. The molecule has 1 amide bonds. The Bertz CT molecular complexity index is 1130. The number of rotatable bonds is 4. The lowest BCUT2D eigenvalue weighted by Crippen LogP contribution is -2.39. The average molecular weight is 390 g/mol. The number of benzene rings is 2. The maximum absolute atomic E-state index is 12.6. The summed E-state index contributed by atoms with van der Waals surface area (Å²) in [7, 11) is 0. The lowest BCUT2D eigenvalue weighted by Gasteiger charge is -2.27. The maximum atomic E-state index is 12.6. The number of fused-ring (bicyclic) bond motifs is 2. The van der Waals surface area contributed by atoms with Gasteiger partial charge in [-0.25, -0.2) is 4.79 Å². The molecule has 0 unspecified atom stereocenters. The molecule has 29 heavy (non-hydrogen) atoms. The normalized spacial score (nSPS) is 16.7. The van der Waals surface area contributed by atoms with Gasteiger partial charge in [0, 0.05) is 17.0 Å². The van der Waals surface area contributed by atoms with E-state index >= 15 is 0 Å². The Morgan fingerprint density at radius 2 is 1.90 bits per heavy atom. The van der Waals surface area contributed by atoms with Gasteiger partial charge in [-0.05, 0) is 49.4 Å². The van der Waals surface area contributed by atoms with Crippen LogP contribution in [-0.2, 0) is 16.0 Å². The molecule has 0 saturated carbocycles. The van der Waals surface area contributed by atoms with Crippen molar-refractivity contribution in [2.24, 2.45) is 0 Å². The molecule has 0 radical (unpaired) electrons. The number of aryl methyl sites for hydroxylation is 1. The Morgan fingerprint density at radius 1 is 1.14 bits per heavy atom. The molecule has 1 aromatic heterocycles. The lowest BCUT2D eigenvalue weighted by molar-refractivity contribution is -0.130. The van der Waals surface area contributed by atoms with E-state index in [0.29, 0.717) is 10.9 Å². The van der Waals surface area contributed by atoms with E-state index in [1.54, 1.807) is 24.3 Å². The summed E-state index contributed by atoms with van der Waals surface area (Å²) in [4.78, 5) is 40.2. The first-order valence-corrected chi connectivity index (χ1v) is 9.74. The molecule has 1 heterocycles. The van der Waals surface area contributed by atoms with E-state index in [9.17, 15) is 14.4 Å². The first-order chi connectivity index (χ1) is 14.0. The van der Waals surface area contributed by atoms with Crippen LogP contribution in [0.15, 0.2) is 59.4 Å². The minimum Gasteiger partial charge on any atom is -0.448 e. The highest BCUT2D eigenvalue weighted by molar-refractivity contribution is 5.93. The lowest BCUT2D eigenvalue weighted by atomic mass is 9.87. The third kappa shape index (κ3) is 3.92. The molecular formula is C23H22N2O4. The molecule has 6 nitrogen and oxygen atoms in total. The predicted octanol–water partition coefficient (Wildman–Crippen LogP) is 3.27. The van der Waals surface area contributed by atoms with Crippen LogP contribution in [0.25, 0.3) is 10.9 Å². The molecule has 0 spiro atoms. The van der Waals surface area contributed by atoms with E-state index in [1.165, 1.54) is 18.6 Å². The van der Waals surface area contributed by atoms with Crippen molar-refractivity contribution in [3.8, 4) is 0 Å². The van der Waals surface area contributed by atoms with E-state index < -0.39 is 12.1 Å². The summed E-state index contributed by atoms with van der Waals surface area (Å²) in [5, 5.41) is 3.48. The van der Waals surface area contributed by atoms with Gasteiger partial charge in [-0.2, -0.15) is 0 Å². The van der Waals surface area contributed by atoms with Crippen LogP contribution in [-0.4, -0.2) is 23.0 Å². The van der Waals surface area contributed by atoms with Gasteiger partial charge < -0.3 is 15.0 Å². The van der Waals surface area contributed by atoms with Gasteiger partial charge in [-0.1, -0.05) is 36.4 Å². The van der Waals surface area contributed by atoms with Crippen LogP contribution >= 0.6 is 0 Å². The molecule has 1 aliphatic carbocycles. The fourth-order valence-electron chi connectivity index (χ4n) is 3.78. The Morgan fingerprint density at radius 3 is 2.76 bits per heavy atom. The van der Waals surface area contributed by atoms with Crippen LogP contribution in [0.3, 0.4) is 0 Å². The zero-order valence-corrected chi connectivity index (χ0v) is 16.1. The number of ether oxygens (including phenoxy) is 1. The van der Waals surface area contributed by atoms with Gasteiger partial charge in [-0.15, -0.1) is 0 Å². The molecule has 2 N–H and O–H groups in total. The number of H-pyrrole nitrogens is 1. The second-order valence-electron chi connectivity index (χ2n) is 7.29. The van der Waals surface area contributed by atoms with Crippen LogP contribution in [0.5, 0.6) is 0 Å². The van der Waals surface area contributed by atoms with Gasteiger partial charge in [0.05, 0.1) is 6.04 Å². The van der Waals surface area contributed by atoms with Gasteiger partial charge in [0.1, 0.15) is 5.69 Å². The molecule has 2 atom stereocenters. The number of para-hydroxylation sites is 1. The van der Waals surface area contributed by atoms with Crippen molar-refractivity contribution < 1.29 is 14.3 Å². The molecule has 148 valence electrons. The van der Waals surface area contributed by atoms with Crippen LogP contribution in [0.2, 0.25) is 0 Å².